The Kier molecular flexibility index (Phi) is 3.00. The van der Waals surface area contributed by atoms with Crippen molar-refractivity contribution in [2.45, 2.75) is 77.7 Å². The number of aromatic nitrogens is 2. The van der Waals surface area contributed by atoms with Crippen LogP contribution < -0.4 is 0 Å². The maximum absolute atomic E-state index is 11.0. The number of rotatable bonds is 0. The molecule has 1 heterocycles. The van der Waals surface area contributed by atoms with Gasteiger partial charge in [-0.25, -0.2) is 0 Å². The van der Waals surface area contributed by atoms with E-state index < -0.39 is 5.60 Å². The van der Waals surface area contributed by atoms with Crippen LogP contribution >= 0.6 is 0 Å². The van der Waals surface area contributed by atoms with Crippen molar-refractivity contribution in [2.75, 3.05) is 0 Å². The Hall–Kier alpha value is -0.830. The molecule has 4 aliphatic rings. The van der Waals surface area contributed by atoms with Gasteiger partial charge in [0.1, 0.15) is 0 Å². The van der Waals surface area contributed by atoms with Gasteiger partial charge in [0.05, 0.1) is 11.8 Å². The Bertz CT molecular complexity index is 665. The largest absolute Gasteiger partial charge is 0.390 e. The first-order chi connectivity index (χ1) is 11.4. The summed E-state index contributed by atoms with van der Waals surface area (Å²) in [6, 6.07) is 0. The van der Waals surface area contributed by atoms with Gasteiger partial charge in [0.25, 0.3) is 0 Å². The lowest BCUT2D eigenvalue weighted by atomic mass is 9.44. The molecule has 3 nitrogen and oxygen atoms in total. The Labute approximate surface area is 145 Å². The van der Waals surface area contributed by atoms with Crippen LogP contribution in [0.1, 0.15) is 70.6 Å². The quantitative estimate of drug-likeness (QED) is 0.752. The predicted octanol–water partition coefficient (Wildman–Crippen LogP) is 4.12. The highest BCUT2D eigenvalue weighted by Gasteiger charge is 2.63. The summed E-state index contributed by atoms with van der Waals surface area (Å²) in [5.41, 5.74) is 3.01. The van der Waals surface area contributed by atoms with E-state index in [1.807, 2.05) is 0 Å². The Morgan fingerprint density at radius 2 is 1.88 bits per heavy atom. The SMILES string of the molecule is C[C@]12Cc3cn[nH]c3C[C@@H]1CC[C@@H]1[C@H]2CC[C@@]2(C)[C@@H]1CC[C@]2(C)O. The van der Waals surface area contributed by atoms with Crippen LogP contribution in [0.25, 0.3) is 0 Å². The van der Waals surface area contributed by atoms with E-state index in [9.17, 15) is 5.11 Å². The fraction of sp³-hybridized carbons (Fsp3) is 0.857. The average molecular weight is 329 g/mol. The molecule has 24 heavy (non-hydrogen) atoms. The zero-order chi connectivity index (χ0) is 16.7. The van der Waals surface area contributed by atoms with E-state index in [2.05, 4.69) is 37.2 Å². The first-order valence-corrected chi connectivity index (χ1v) is 10.1. The normalized spacial score (nSPS) is 53.0. The topological polar surface area (TPSA) is 48.9 Å². The highest BCUT2D eigenvalue weighted by Crippen LogP contribution is 2.67. The molecule has 1 aromatic heterocycles. The Morgan fingerprint density at radius 3 is 2.71 bits per heavy atom. The molecule has 0 unspecified atom stereocenters. The third-order valence-corrected chi connectivity index (χ3v) is 9.46. The zero-order valence-corrected chi connectivity index (χ0v) is 15.4. The number of hydrogen-bond donors (Lipinski definition) is 2. The van der Waals surface area contributed by atoms with Crippen LogP contribution in [0.3, 0.4) is 0 Å². The van der Waals surface area contributed by atoms with E-state index >= 15 is 0 Å². The molecule has 0 aliphatic heterocycles. The molecular weight excluding hydrogens is 296 g/mol. The average Bonchev–Trinajstić information content (AvgIpc) is 3.06. The van der Waals surface area contributed by atoms with Crippen molar-refractivity contribution < 1.29 is 5.11 Å². The number of nitrogens with zero attached hydrogens (tertiary/aromatic N) is 1. The smallest absolute Gasteiger partial charge is 0.0675 e. The van der Waals surface area contributed by atoms with Gasteiger partial charge in [-0.05, 0) is 98.4 Å². The molecule has 1 aromatic rings. The molecular formula is C21H32N2O. The minimum absolute atomic E-state index is 0.146. The van der Waals surface area contributed by atoms with Crippen molar-refractivity contribution in [3.05, 3.63) is 17.5 Å². The lowest BCUT2D eigenvalue weighted by Crippen LogP contribution is -2.56. The maximum Gasteiger partial charge on any atom is 0.0675 e. The number of H-pyrrole nitrogens is 1. The number of nitrogens with one attached hydrogen (secondary N) is 1. The summed E-state index contributed by atoms with van der Waals surface area (Å²) in [6.07, 6.45) is 12.0. The lowest BCUT2D eigenvalue weighted by molar-refractivity contribution is -0.139. The molecule has 4 aliphatic carbocycles. The number of aromatic amines is 1. The number of fused-ring (bicyclic) bond motifs is 6. The van der Waals surface area contributed by atoms with Crippen molar-refractivity contribution in [2.24, 2.45) is 34.5 Å². The summed E-state index contributed by atoms with van der Waals surface area (Å²) >= 11 is 0. The van der Waals surface area contributed by atoms with Crippen molar-refractivity contribution in [3.8, 4) is 0 Å². The van der Waals surface area contributed by atoms with Crippen molar-refractivity contribution in [3.63, 3.8) is 0 Å². The molecule has 0 bridgehead atoms. The molecule has 0 spiro atoms. The van der Waals surface area contributed by atoms with Crippen LogP contribution in [-0.4, -0.2) is 20.9 Å². The van der Waals surface area contributed by atoms with Gasteiger partial charge < -0.3 is 5.11 Å². The zero-order valence-electron chi connectivity index (χ0n) is 15.4. The van der Waals surface area contributed by atoms with E-state index in [0.717, 1.165) is 30.1 Å². The van der Waals surface area contributed by atoms with Crippen LogP contribution in [-0.2, 0) is 12.8 Å². The fourth-order valence-electron chi connectivity index (χ4n) is 7.71. The highest BCUT2D eigenvalue weighted by atomic mass is 16.3. The maximum atomic E-state index is 11.0. The van der Waals surface area contributed by atoms with Crippen molar-refractivity contribution in [1.29, 1.82) is 0 Å². The molecule has 3 heteroatoms. The second-order valence-corrected chi connectivity index (χ2v) is 10.2. The summed E-state index contributed by atoms with van der Waals surface area (Å²) in [5.74, 6) is 3.21. The third kappa shape index (κ3) is 1.75. The highest BCUT2D eigenvalue weighted by molar-refractivity contribution is 5.26. The van der Waals surface area contributed by atoms with E-state index in [1.165, 1.54) is 56.2 Å². The first-order valence-electron chi connectivity index (χ1n) is 10.1. The molecule has 5 rings (SSSR count). The molecule has 3 fully saturated rings. The van der Waals surface area contributed by atoms with Gasteiger partial charge in [-0.1, -0.05) is 13.8 Å². The number of hydrogen-bond acceptors (Lipinski definition) is 2. The summed E-state index contributed by atoms with van der Waals surface area (Å²) < 4.78 is 0. The molecule has 3 saturated carbocycles. The third-order valence-electron chi connectivity index (χ3n) is 9.46. The van der Waals surface area contributed by atoms with Crippen LogP contribution in [0.5, 0.6) is 0 Å². The van der Waals surface area contributed by atoms with Crippen LogP contribution in [0, 0.1) is 34.5 Å². The Balaban J connectivity index is 1.50. The van der Waals surface area contributed by atoms with Gasteiger partial charge in [-0.15, -0.1) is 0 Å². The van der Waals surface area contributed by atoms with Crippen molar-refractivity contribution >= 4 is 0 Å². The molecule has 0 aromatic carbocycles. The first kappa shape index (κ1) is 15.4. The second kappa shape index (κ2) is 4.66. The molecule has 0 radical (unpaired) electrons. The van der Waals surface area contributed by atoms with Gasteiger partial charge in [0.2, 0.25) is 0 Å². The van der Waals surface area contributed by atoms with Gasteiger partial charge in [0.15, 0.2) is 0 Å². The summed E-state index contributed by atoms with van der Waals surface area (Å²) in [4.78, 5) is 0. The standard InChI is InChI=1S/C21H32N2O/c1-19-11-13-12-22-23-18(13)10-14(19)4-5-15-16(19)6-8-20(2)17(15)7-9-21(20,3)24/h12,14-17,24H,4-11H2,1-3H3,(H,22,23)/t14-,15+,16+,17+,19-,20-,21-/m0/s1. The van der Waals surface area contributed by atoms with E-state index in [0.29, 0.717) is 5.41 Å². The summed E-state index contributed by atoms with van der Waals surface area (Å²) in [6.45, 7) is 7.09. The minimum atomic E-state index is -0.454. The van der Waals surface area contributed by atoms with Crippen LogP contribution in [0.4, 0.5) is 0 Å². The van der Waals surface area contributed by atoms with Gasteiger partial charge in [-0.2, -0.15) is 5.10 Å². The van der Waals surface area contributed by atoms with E-state index in [4.69, 9.17) is 0 Å². The minimum Gasteiger partial charge on any atom is -0.390 e. The van der Waals surface area contributed by atoms with Crippen LogP contribution in [0.15, 0.2) is 6.20 Å². The van der Waals surface area contributed by atoms with Gasteiger partial charge in [0, 0.05) is 5.69 Å². The van der Waals surface area contributed by atoms with Crippen molar-refractivity contribution in [1.82, 2.24) is 10.2 Å². The molecule has 7 atom stereocenters. The Morgan fingerprint density at radius 1 is 1.08 bits per heavy atom. The molecule has 0 amide bonds. The molecule has 132 valence electrons. The number of aliphatic hydroxyl groups is 1. The summed E-state index contributed by atoms with van der Waals surface area (Å²) in [5, 5.41) is 18.6. The van der Waals surface area contributed by atoms with E-state index in [-0.39, 0.29) is 5.41 Å². The summed E-state index contributed by atoms with van der Waals surface area (Å²) in [7, 11) is 0. The van der Waals surface area contributed by atoms with Gasteiger partial charge >= 0.3 is 0 Å². The molecule has 2 N–H and O–H groups in total. The second-order valence-electron chi connectivity index (χ2n) is 10.2. The lowest BCUT2D eigenvalue weighted by Gasteiger charge is -2.60. The van der Waals surface area contributed by atoms with Gasteiger partial charge in [-0.3, -0.25) is 5.10 Å². The molecule has 0 saturated heterocycles. The van der Waals surface area contributed by atoms with E-state index in [1.54, 1.807) is 0 Å². The predicted molar refractivity (Wildman–Crippen MR) is 94.5 cm³/mol. The fourth-order valence-corrected chi connectivity index (χ4v) is 7.71. The monoisotopic (exact) mass is 328 g/mol. The van der Waals surface area contributed by atoms with Crippen LogP contribution in [0.2, 0.25) is 0 Å².